The predicted octanol–water partition coefficient (Wildman–Crippen LogP) is 17.6. The summed E-state index contributed by atoms with van der Waals surface area (Å²) in [6.07, 6.45) is 35.2. The average Bonchev–Trinajstić information content (AvgIpc) is 0.761. The number of cyclic esters (lactones) is 1. The number of nitrogens with zero attached hydrogens (tertiary/aromatic N) is 1. The van der Waals surface area contributed by atoms with Crippen LogP contribution in [0.2, 0.25) is 0 Å². The fourth-order valence-electron chi connectivity index (χ4n) is 16.3. The molecule has 2 saturated heterocycles. The first-order chi connectivity index (χ1) is 51.8. The van der Waals surface area contributed by atoms with Gasteiger partial charge in [-0.1, -0.05) is 226 Å². The van der Waals surface area contributed by atoms with E-state index in [0.717, 1.165) is 44.1 Å². The highest BCUT2D eigenvalue weighted by molar-refractivity contribution is 6.39. The maximum Gasteiger partial charge on any atom is 0.329 e. The molecule has 3 heterocycles. The number of methoxy groups -OCH3 is 3. The van der Waals surface area contributed by atoms with E-state index in [1.54, 1.807) is 40.9 Å². The first-order valence-electron chi connectivity index (χ1n) is 42.8. The number of aliphatic hydroxyl groups is 2. The number of Topliss-reactive ketones (excluding diaryl/α,β-unsaturated/α-hetero) is 2. The first kappa shape index (κ1) is 95.5. The lowest BCUT2D eigenvalue weighted by atomic mass is 9.81. The number of amides is 1. The van der Waals surface area contributed by atoms with Crippen molar-refractivity contribution in [1.82, 2.24) is 4.90 Å². The van der Waals surface area contributed by atoms with Crippen molar-refractivity contribution in [1.29, 1.82) is 0 Å². The maximum atomic E-state index is 14.8. The summed E-state index contributed by atoms with van der Waals surface area (Å²) in [4.78, 5) is 113. The van der Waals surface area contributed by atoms with Gasteiger partial charge in [0.1, 0.15) is 43.4 Å². The van der Waals surface area contributed by atoms with Gasteiger partial charge in [-0.05, 0) is 127 Å². The number of aliphatic hydroxyl groups excluding tert-OH is 1. The van der Waals surface area contributed by atoms with Crippen molar-refractivity contribution in [3.8, 4) is 0 Å². The number of ketones is 2. The van der Waals surface area contributed by atoms with E-state index in [0.29, 0.717) is 82.6 Å². The number of rotatable bonds is 47. The molecule has 4 aliphatic rings. The fourth-order valence-corrected chi connectivity index (χ4v) is 16.3. The minimum absolute atomic E-state index is 0.0246. The number of unbranched alkanes of at least 4 members (excludes halogenated alkanes) is 24. The lowest BCUT2D eigenvalue weighted by Gasteiger charge is -2.47. The molecule has 3 aliphatic heterocycles. The number of fused-ring (bicyclic) bond motifs is 3. The van der Waals surface area contributed by atoms with Gasteiger partial charge in [-0.2, -0.15) is 0 Å². The van der Waals surface area contributed by atoms with Crippen LogP contribution in [0, 0.1) is 41.4 Å². The van der Waals surface area contributed by atoms with Crippen LogP contribution in [-0.2, 0) is 81.0 Å². The Morgan fingerprint density at radius 3 is 1.69 bits per heavy atom. The highest BCUT2D eigenvalue weighted by Crippen LogP contribution is 2.40. The summed E-state index contributed by atoms with van der Waals surface area (Å²) in [5.41, 5.74) is 1.51. The van der Waals surface area contributed by atoms with Crippen LogP contribution in [0.4, 0.5) is 0 Å². The monoisotopic (exact) mass is 1520 g/mol. The normalized spacial score (nSPS) is 27.7. The molecule has 20 heteroatoms. The highest BCUT2D eigenvalue weighted by Gasteiger charge is 2.57. The SMILES string of the molecule is C=CC[C@@H]1/C=C(\C)C[C@H](C)C[C@H](OC)C2O[C@@](O)(C(=O)C(=O)N3CCCCC3C(=O)O[C@H](/C(C)=C/[C@@H]3CC[C@@H](OC(=O)C(C)CCC(C)CC(=O)OC(COC(=O)CCCCCCCCCCCCCCC)COC(=O)CCCCCCCCCCCCCCC)[C@H](OC)C3)[C@H](C)[C@@H](O)CC1=O)[C@H](C)C[C@@H]2OC. The first-order valence-corrected chi connectivity index (χ1v) is 42.8. The van der Waals surface area contributed by atoms with Gasteiger partial charge in [0, 0.05) is 71.3 Å². The van der Waals surface area contributed by atoms with Gasteiger partial charge in [0.05, 0.1) is 30.3 Å². The Balaban J connectivity index is 1.39. The summed E-state index contributed by atoms with van der Waals surface area (Å²) < 4.78 is 54.0. The number of carbonyl (C=O) groups is 8. The van der Waals surface area contributed by atoms with E-state index >= 15 is 0 Å². The maximum absolute atomic E-state index is 14.8. The Morgan fingerprint density at radius 1 is 0.657 bits per heavy atom. The minimum Gasteiger partial charge on any atom is -0.462 e. The second-order valence-electron chi connectivity index (χ2n) is 32.9. The topological polar surface area (TPSA) is 263 Å². The zero-order chi connectivity index (χ0) is 79.4. The van der Waals surface area contributed by atoms with E-state index in [1.165, 1.54) is 135 Å². The third-order valence-corrected chi connectivity index (χ3v) is 23.3. The van der Waals surface area contributed by atoms with Crippen LogP contribution in [0.15, 0.2) is 36.0 Å². The van der Waals surface area contributed by atoms with Crippen LogP contribution < -0.4 is 0 Å². The average molecular weight is 1530 g/mol. The molecule has 2 N–H and O–H groups in total. The van der Waals surface area contributed by atoms with Gasteiger partial charge in [-0.25, -0.2) is 4.79 Å². The second kappa shape index (κ2) is 54.0. The van der Waals surface area contributed by atoms with Crippen molar-refractivity contribution in [3.05, 3.63) is 36.0 Å². The molecule has 2 bridgehead atoms. The van der Waals surface area contributed by atoms with Gasteiger partial charge < -0.3 is 57.7 Å². The van der Waals surface area contributed by atoms with E-state index < -0.39 is 114 Å². The molecule has 3 fully saturated rings. The Kier molecular flexibility index (Phi) is 47.7. The zero-order valence-corrected chi connectivity index (χ0v) is 69.3. The quantitative estimate of drug-likeness (QED) is 0.0188. The summed E-state index contributed by atoms with van der Waals surface area (Å²) in [7, 11) is 4.60. The smallest absolute Gasteiger partial charge is 0.329 e. The molecule has 620 valence electrons. The van der Waals surface area contributed by atoms with Gasteiger partial charge in [-0.3, -0.25) is 33.6 Å². The van der Waals surface area contributed by atoms with Gasteiger partial charge in [-0.15, -0.1) is 6.58 Å². The van der Waals surface area contributed by atoms with Gasteiger partial charge in [0.2, 0.25) is 5.79 Å². The molecule has 1 saturated carbocycles. The Morgan fingerprint density at radius 2 is 1.18 bits per heavy atom. The summed E-state index contributed by atoms with van der Waals surface area (Å²) in [5.74, 6) is -10.8. The molecular weight excluding hydrogens is 1370 g/mol. The van der Waals surface area contributed by atoms with E-state index in [4.69, 9.17) is 42.6 Å². The van der Waals surface area contributed by atoms with Crippen molar-refractivity contribution in [3.63, 3.8) is 0 Å². The van der Waals surface area contributed by atoms with Crippen molar-refractivity contribution in [2.45, 2.75) is 393 Å². The number of ether oxygens (including phenoxy) is 9. The van der Waals surface area contributed by atoms with Crippen LogP contribution in [0.1, 0.15) is 332 Å². The number of esters is 5. The number of allylic oxidation sites excluding steroid dienone is 4. The van der Waals surface area contributed by atoms with E-state index in [1.807, 2.05) is 32.9 Å². The second-order valence-corrected chi connectivity index (χ2v) is 32.9. The Hall–Kier alpha value is -4.86. The third kappa shape index (κ3) is 35.0. The molecule has 0 spiro atoms. The molecular formula is C88H149NO19. The zero-order valence-electron chi connectivity index (χ0n) is 69.3. The summed E-state index contributed by atoms with van der Waals surface area (Å²) in [5, 5.41) is 24.4. The standard InChI is InChI=1S/C88H149NO19/c1-14-17-19-21-23-25-27-29-31-33-35-37-39-45-79(92)103-60-71(61-104-80(93)46-40-38-36-34-32-30-28-26-24-22-20-18-15-2)105-81(94)55-62(4)47-48-65(7)86(97)106-75-50-49-69(58-76(75)100-11)56-66(8)82-68(10)73(90)59-74(91)70(43-16-3)53-63(5)52-64(6)54-77(101-12)83-78(102-13)57-67(9)88(99,108-83)84(95)85(96)89-51-42-41-44-72(89)87(98)107-82/h16,53,56,62,64-65,67-73,75-78,82-83,90,99H,3,14-15,17-52,54-55,57-61H2,1-2,4-13H3/b63-53+,66-56+/t62?,64-,65?,67+,68+,69-,70+,72?,73-,75+,76+,77-,78-,82+,83?,88+/m0/s1. The molecule has 20 nitrogen and oxygen atoms in total. The summed E-state index contributed by atoms with van der Waals surface area (Å²) >= 11 is 0. The number of hydrogen-bond donors (Lipinski definition) is 2. The molecule has 4 unspecified atom stereocenters. The van der Waals surface area contributed by atoms with Crippen LogP contribution in [0.5, 0.6) is 0 Å². The Bertz CT molecular complexity index is 2650. The molecule has 1 aliphatic carbocycles. The van der Waals surface area contributed by atoms with Crippen LogP contribution in [0.3, 0.4) is 0 Å². The van der Waals surface area contributed by atoms with Gasteiger partial charge in [0.15, 0.2) is 6.10 Å². The molecule has 1 amide bonds. The van der Waals surface area contributed by atoms with E-state index in [2.05, 4.69) is 20.4 Å². The molecule has 0 radical (unpaired) electrons. The lowest BCUT2D eigenvalue weighted by molar-refractivity contribution is -0.302. The van der Waals surface area contributed by atoms with Gasteiger partial charge >= 0.3 is 29.8 Å². The van der Waals surface area contributed by atoms with Gasteiger partial charge in [0.25, 0.3) is 11.7 Å². The molecule has 4 rings (SSSR count). The van der Waals surface area contributed by atoms with Crippen LogP contribution >= 0.6 is 0 Å². The fraction of sp³-hybridized carbons (Fsp3) is 0.841. The van der Waals surface area contributed by atoms with Crippen molar-refractivity contribution in [2.75, 3.05) is 41.1 Å². The molecule has 0 aromatic rings. The number of piperidine rings is 1. The van der Waals surface area contributed by atoms with Crippen LogP contribution in [0.25, 0.3) is 0 Å². The minimum atomic E-state index is -2.57. The lowest BCUT2D eigenvalue weighted by Crippen LogP contribution is -2.64. The molecule has 0 aromatic carbocycles. The number of hydrogen-bond acceptors (Lipinski definition) is 19. The summed E-state index contributed by atoms with van der Waals surface area (Å²) in [6, 6.07) is -1.23. The third-order valence-electron chi connectivity index (χ3n) is 23.3. The van der Waals surface area contributed by atoms with Crippen molar-refractivity contribution in [2.24, 2.45) is 41.4 Å². The summed E-state index contributed by atoms with van der Waals surface area (Å²) in [6.45, 7) is 20.8. The number of carbonyl (C=O) groups excluding carboxylic acids is 8. The molecule has 16 atom stereocenters. The van der Waals surface area contributed by atoms with E-state index in [9.17, 15) is 48.6 Å². The molecule has 0 aromatic heterocycles. The van der Waals surface area contributed by atoms with E-state index in [-0.39, 0.29) is 93.8 Å². The largest absolute Gasteiger partial charge is 0.462 e. The van der Waals surface area contributed by atoms with Crippen LogP contribution in [-0.4, -0.2) is 164 Å². The van der Waals surface area contributed by atoms with Crippen molar-refractivity contribution >= 4 is 47.3 Å². The Labute approximate surface area is 651 Å². The predicted molar refractivity (Wildman–Crippen MR) is 421 cm³/mol. The van der Waals surface area contributed by atoms with Crippen molar-refractivity contribution < 1.29 is 91.2 Å². The molecule has 108 heavy (non-hydrogen) atoms. The highest BCUT2D eigenvalue weighted by atomic mass is 16.7.